The van der Waals surface area contributed by atoms with Gasteiger partial charge in [-0.3, -0.25) is 0 Å². The molecule has 1 aromatic rings. The van der Waals surface area contributed by atoms with Crippen molar-refractivity contribution in [3.8, 4) is 0 Å². The second-order valence-electron chi connectivity index (χ2n) is 11.0. The molecule has 0 saturated carbocycles. The topological polar surface area (TPSA) is 0 Å². The first-order chi connectivity index (χ1) is 17.3. The number of rotatable bonds is 6. The van der Waals surface area contributed by atoms with E-state index in [1.54, 1.807) is 19.7 Å². The Morgan fingerprint density at radius 2 is 0.838 bits per heavy atom. The monoisotopic (exact) mass is 602 g/mol. The van der Waals surface area contributed by atoms with Crippen molar-refractivity contribution in [1.82, 2.24) is 0 Å². The summed E-state index contributed by atoms with van der Waals surface area (Å²) in [5.74, 6) is 0. The Balaban J connectivity index is 0.00000140. The summed E-state index contributed by atoms with van der Waals surface area (Å²) in [6.45, 7) is 0. The molecule has 0 radical (unpaired) electrons. The fraction of sp³-hybridized carbons (Fsp3) is 0.176. The third kappa shape index (κ3) is 2.74. The van der Waals surface area contributed by atoms with E-state index in [1.165, 1.54) is 11.1 Å². The maximum absolute atomic E-state index is 5.27. The maximum atomic E-state index is 2.66. The molecule has 0 saturated heterocycles. The van der Waals surface area contributed by atoms with Crippen LogP contribution in [0.25, 0.3) is 6.08 Å². The molecule has 0 nitrogen and oxygen atoms in total. The van der Waals surface area contributed by atoms with Gasteiger partial charge < -0.3 is 0 Å². The largest absolute Gasteiger partial charge is 0.147 e. The molecule has 0 heterocycles. The Morgan fingerprint density at radius 1 is 0.459 bits per heavy atom. The molecule has 3 heteroatoms. The van der Waals surface area contributed by atoms with E-state index in [9.17, 15) is 0 Å². The van der Waals surface area contributed by atoms with Gasteiger partial charge >= 0.3 is 208 Å². The van der Waals surface area contributed by atoms with E-state index >= 15 is 0 Å². The third-order valence-corrected chi connectivity index (χ3v) is 39.5. The van der Waals surface area contributed by atoms with Crippen molar-refractivity contribution in [3.05, 3.63) is 146 Å². The molecule has 7 rings (SSSR count). The summed E-state index contributed by atoms with van der Waals surface area (Å²) < 4.78 is 10.3. The number of benzene rings is 1. The molecule has 0 atom stereocenters. The molecule has 6 aliphatic rings. The van der Waals surface area contributed by atoms with Crippen LogP contribution in [0.4, 0.5) is 0 Å². The number of hydrogen-bond donors (Lipinski definition) is 0. The molecule has 0 unspecified atom stereocenters. The van der Waals surface area contributed by atoms with Crippen LogP contribution in [0.15, 0.2) is 135 Å². The van der Waals surface area contributed by atoms with Crippen LogP contribution in [0.1, 0.15) is 43.2 Å². The van der Waals surface area contributed by atoms with Crippen molar-refractivity contribution in [1.29, 1.82) is 0 Å². The van der Waals surface area contributed by atoms with Crippen LogP contribution in [-0.4, -0.2) is 0 Å². The van der Waals surface area contributed by atoms with Gasteiger partial charge in [0, 0.05) is 0 Å². The smallest absolute Gasteiger partial charge is 0.147 e. The second kappa shape index (κ2) is 9.23. The minimum absolute atomic E-state index is 0. The maximum Gasteiger partial charge on any atom is -0.147 e. The minimum atomic E-state index is -5.27. The van der Waals surface area contributed by atoms with E-state index in [0.717, 1.165) is 38.5 Å². The molecule has 0 fully saturated rings. The molecule has 1 aromatic carbocycles. The number of hydrogen-bond acceptors (Lipinski definition) is 0. The molecular formula is C34H34Cl2Zr. The molecular weight excluding hydrogens is 571 g/mol. The first-order valence-electron chi connectivity index (χ1n) is 13.2. The van der Waals surface area contributed by atoms with Crippen LogP contribution in [0.3, 0.4) is 0 Å². The van der Waals surface area contributed by atoms with Gasteiger partial charge in [-0.05, 0) is 0 Å². The minimum Gasteiger partial charge on any atom is -0.147 e. The van der Waals surface area contributed by atoms with Gasteiger partial charge in [-0.25, -0.2) is 0 Å². The first kappa shape index (κ1) is 26.4. The fourth-order valence-corrected chi connectivity index (χ4v) is 41.4. The van der Waals surface area contributed by atoms with E-state index in [2.05, 4.69) is 121 Å². The van der Waals surface area contributed by atoms with E-state index in [1.807, 2.05) is 0 Å². The Morgan fingerprint density at radius 3 is 1.16 bits per heavy atom. The zero-order valence-corrected chi connectivity index (χ0v) is 25.2. The van der Waals surface area contributed by atoms with Gasteiger partial charge in [-0.15, -0.1) is 24.8 Å². The first-order valence-corrected chi connectivity index (χ1v) is 20.6. The second-order valence-corrected chi connectivity index (χ2v) is 29.7. The van der Waals surface area contributed by atoms with E-state index in [0.29, 0.717) is 0 Å². The summed E-state index contributed by atoms with van der Waals surface area (Å²) in [5.41, 5.74) is 2.91. The van der Waals surface area contributed by atoms with Crippen molar-refractivity contribution < 1.29 is 17.3 Å². The van der Waals surface area contributed by atoms with Crippen LogP contribution >= 0.6 is 24.8 Å². The van der Waals surface area contributed by atoms with Crippen LogP contribution in [0, 0.1) is 0 Å². The van der Waals surface area contributed by atoms with Gasteiger partial charge in [-0.1, -0.05) is 0 Å². The third-order valence-electron chi connectivity index (χ3n) is 10.4. The van der Waals surface area contributed by atoms with Crippen LogP contribution in [0.5, 0.6) is 0 Å². The van der Waals surface area contributed by atoms with Gasteiger partial charge in [0.05, 0.1) is 0 Å². The number of halogens is 2. The summed E-state index contributed by atoms with van der Waals surface area (Å²) in [7, 11) is 0. The van der Waals surface area contributed by atoms with Gasteiger partial charge in [-0.2, -0.15) is 0 Å². The molecule has 37 heavy (non-hydrogen) atoms. The summed E-state index contributed by atoms with van der Waals surface area (Å²) in [6, 6.07) is 9.14. The predicted molar refractivity (Wildman–Crippen MR) is 162 cm³/mol. The quantitative estimate of drug-likeness (QED) is 0.303. The van der Waals surface area contributed by atoms with Crippen molar-refractivity contribution in [3.63, 3.8) is 0 Å². The zero-order valence-electron chi connectivity index (χ0n) is 21.1. The van der Waals surface area contributed by atoms with E-state index < -0.39 is 17.3 Å². The summed E-state index contributed by atoms with van der Waals surface area (Å²) >= 11 is -5.27. The standard InChI is InChI=1S/C9H7.5C5H5.2ClH.Zr/c1-2-5-9-7-3-6-8(9)4-1;5*1-2-4-5-3-1;;;/h1-2,4-6H,7H2;5*1-3H,4H2;2*1H;. The fourth-order valence-electron chi connectivity index (χ4n) is 9.33. The Hall–Kier alpha value is -2.18. The molecule has 188 valence electrons. The molecule has 6 aliphatic carbocycles. The van der Waals surface area contributed by atoms with Crippen molar-refractivity contribution in [2.75, 3.05) is 0 Å². The van der Waals surface area contributed by atoms with Crippen LogP contribution in [0.2, 0.25) is 0 Å². The Bertz CT molecular complexity index is 1330. The Labute approximate surface area is 231 Å². The summed E-state index contributed by atoms with van der Waals surface area (Å²) in [5, 5.41) is 0. The van der Waals surface area contributed by atoms with Gasteiger partial charge in [0.2, 0.25) is 0 Å². The molecule has 0 aromatic heterocycles. The van der Waals surface area contributed by atoms with Gasteiger partial charge in [0.25, 0.3) is 0 Å². The van der Waals surface area contributed by atoms with Gasteiger partial charge in [0.1, 0.15) is 0 Å². The van der Waals surface area contributed by atoms with E-state index in [-0.39, 0.29) is 24.8 Å². The van der Waals surface area contributed by atoms with Gasteiger partial charge in [0.15, 0.2) is 0 Å². The van der Waals surface area contributed by atoms with Crippen LogP contribution < -0.4 is 0 Å². The number of fused-ring (bicyclic) bond motifs is 1. The summed E-state index contributed by atoms with van der Waals surface area (Å²) in [6.07, 6.45) is 45.6. The average Bonchev–Trinajstić information content (AvgIpc) is 3.76. The normalized spacial score (nSPS) is 22.4. The average molecular weight is 605 g/mol. The molecule has 0 amide bonds. The zero-order chi connectivity index (χ0) is 23.4. The SMILES string of the molecule is C1=CC[C]([Zr]([C]2=CC=CC2)([C]2=CC=CC2)([C]2=CC=CC2)([C]2=CC=CC2)[C]2=Cc3ccccc3C2)=C1.Cl.Cl. The molecule has 0 spiro atoms. The van der Waals surface area contributed by atoms with Crippen molar-refractivity contribution in [2.24, 2.45) is 0 Å². The molecule has 0 bridgehead atoms. The summed E-state index contributed by atoms with van der Waals surface area (Å²) in [4.78, 5) is 0. The number of allylic oxidation sites excluding steroid dienone is 21. The Kier molecular flexibility index (Phi) is 6.60. The van der Waals surface area contributed by atoms with Crippen molar-refractivity contribution >= 4 is 30.9 Å². The predicted octanol–water partition coefficient (Wildman–Crippen LogP) is 9.87. The molecule has 0 aliphatic heterocycles. The van der Waals surface area contributed by atoms with E-state index in [4.69, 9.17) is 0 Å². The van der Waals surface area contributed by atoms with Crippen molar-refractivity contribution in [2.45, 2.75) is 38.5 Å². The molecule has 0 N–H and O–H groups in total. The van der Waals surface area contributed by atoms with Crippen LogP contribution in [-0.2, 0) is 23.7 Å².